The largest absolute Gasteiger partial charge is 0.469 e. The highest BCUT2D eigenvalue weighted by Gasteiger charge is 2.26. The van der Waals surface area contributed by atoms with E-state index in [4.69, 9.17) is 15.2 Å². The van der Waals surface area contributed by atoms with Gasteiger partial charge in [-0.3, -0.25) is 14.6 Å². The van der Waals surface area contributed by atoms with Gasteiger partial charge < -0.3 is 15.2 Å². The fraction of sp³-hybridized carbons (Fsp3) is 0.464. The van der Waals surface area contributed by atoms with E-state index in [-0.39, 0.29) is 12.0 Å². The van der Waals surface area contributed by atoms with Gasteiger partial charge >= 0.3 is 18.0 Å². The predicted octanol–water partition coefficient (Wildman–Crippen LogP) is 4.47. The van der Waals surface area contributed by atoms with E-state index in [0.717, 1.165) is 32.4 Å². The summed E-state index contributed by atoms with van der Waals surface area (Å²) in [5.74, 6) is -0.602. The highest BCUT2D eigenvalue weighted by molar-refractivity contribution is 5.93. The van der Waals surface area contributed by atoms with Crippen LogP contribution in [0.25, 0.3) is 0 Å². The van der Waals surface area contributed by atoms with Crippen molar-refractivity contribution in [2.75, 3.05) is 38.3 Å². The van der Waals surface area contributed by atoms with Gasteiger partial charge in [0.1, 0.15) is 0 Å². The Hall–Kier alpha value is -3.39. The number of hydrogen-bond acceptors (Lipinski definition) is 6. The Kier molecular flexibility index (Phi) is 10.3. The van der Waals surface area contributed by atoms with E-state index in [0.29, 0.717) is 43.7 Å². The predicted molar refractivity (Wildman–Crippen MR) is 139 cm³/mol. The minimum atomic E-state index is -0.542. The van der Waals surface area contributed by atoms with E-state index < -0.39 is 12.0 Å². The second-order valence-electron chi connectivity index (χ2n) is 8.93. The van der Waals surface area contributed by atoms with Crippen LogP contribution in [0.3, 0.4) is 0 Å². The van der Waals surface area contributed by atoms with Gasteiger partial charge in [0.25, 0.3) is 0 Å². The Morgan fingerprint density at radius 1 is 1.00 bits per heavy atom. The SMILES string of the molecule is CCOC(=O)c1ccc(N(CCCN(CCCC(=O)OC)C2CCCc3ccccc32)C(N)=O)cc1. The summed E-state index contributed by atoms with van der Waals surface area (Å²) in [4.78, 5) is 39.8. The Morgan fingerprint density at radius 2 is 1.72 bits per heavy atom. The Bertz CT molecular complexity index is 1020. The molecule has 0 radical (unpaired) electrons. The molecule has 8 nitrogen and oxygen atoms in total. The summed E-state index contributed by atoms with van der Waals surface area (Å²) in [6.45, 7) is 4.01. The molecule has 1 unspecified atom stereocenters. The number of amides is 2. The van der Waals surface area contributed by atoms with E-state index >= 15 is 0 Å². The zero-order chi connectivity index (χ0) is 25.9. The minimum Gasteiger partial charge on any atom is -0.469 e. The lowest BCUT2D eigenvalue weighted by Crippen LogP contribution is -2.39. The summed E-state index contributed by atoms with van der Waals surface area (Å²) in [5.41, 5.74) is 9.49. The molecule has 1 aliphatic carbocycles. The summed E-state index contributed by atoms with van der Waals surface area (Å²) in [7, 11) is 1.41. The fourth-order valence-electron chi connectivity index (χ4n) is 4.85. The van der Waals surface area contributed by atoms with Gasteiger partial charge in [0.15, 0.2) is 0 Å². The van der Waals surface area contributed by atoms with Gasteiger partial charge in [-0.1, -0.05) is 24.3 Å². The first-order chi connectivity index (χ1) is 17.4. The molecule has 0 saturated carbocycles. The van der Waals surface area contributed by atoms with E-state index in [2.05, 4.69) is 29.2 Å². The summed E-state index contributed by atoms with van der Waals surface area (Å²) in [6, 6.07) is 15.0. The Labute approximate surface area is 213 Å². The summed E-state index contributed by atoms with van der Waals surface area (Å²) in [6.07, 6.45) is 5.06. The van der Waals surface area contributed by atoms with E-state index in [1.807, 2.05) is 0 Å². The van der Waals surface area contributed by atoms with Crippen molar-refractivity contribution >= 4 is 23.7 Å². The lowest BCUT2D eigenvalue weighted by Gasteiger charge is -2.36. The van der Waals surface area contributed by atoms with Gasteiger partial charge in [-0.05, 0) is 81.0 Å². The Morgan fingerprint density at radius 3 is 2.42 bits per heavy atom. The highest BCUT2D eigenvalue weighted by Crippen LogP contribution is 2.34. The smallest absolute Gasteiger partial charge is 0.338 e. The number of nitrogens with two attached hydrogens (primary N) is 1. The molecule has 36 heavy (non-hydrogen) atoms. The molecule has 0 heterocycles. The second kappa shape index (κ2) is 13.6. The molecule has 0 bridgehead atoms. The summed E-state index contributed by atoms with van der Waals surface area (Å²) >= 11 is 0. The van der Waals surface area contributed by atoms with E-state index in [1.54, 1.807) is 31.2 Å². The van der Waals surface area contributed by atoms with Crippen LogP contribution in [0.5, 0.6) is 0 Å². The monoisotopic (exact) mass is 495 g/mol. The zero-order valence-corrected chi connectivity index (χ0v) is 21.3. The number of carbonyl (C=O) groups excluding carboxylic acids is 3. The lowest BCUT2D eigenvalue weighted by molar-refractivity contribution is -0.140. The molecule has 194 valence electrons. The lowest BCUT2D eigenvalue weighted by atomic mass is 9.86. The third kappa shape index (κ3) is 7.31. The molecular weight excluding hydrogens is 458 g/mol. The number of nitrogens with zero attached hydrogens (tertiary/aromatic N) is 2. The van der Waals surface area contributed by atoms with Crippen LogP contribution in [-0.2, 0) is 20.7 Å². The fourth-order valence-corrected chi connectivity index (χ4v) is 4.85. The molecule has 2 aromatic rings. The van der Waals surface area contributed by atoms with Crippen LogP contribution in [0, 0.1) is 0 Å². The molecule has 1 atom stereocenters. The van der Waals surface area contributed by atoms with Crippen LogP contribution in [0.4, 0.5) is 10.5 Å². The first kappa shape index (κ1) is 27.2. The molecule has 2 aromatic carbocycles. The molecule has 0 saturated heterocycles. The van der Waals surface area contributed by atoms with Crippen LogP contribution >= 0.6 is 0 Å². The minimum absolute atomic E-state index is 0.204. The maximum atomic E-state index is 12.2. The first-order valence-corrected chi connectivity index (χ1v) is 12.7. The number of rotatable bonds is 12. The zero-order valence-electron chi connectivity index (χ0n) is 21.3. The van der Waals surface area contributed by atoms with E-state index in [9.17, 15) is 14.4 Å². The molecule has 1 aliphatic rings. The molecular formula is C28H37N3O5. The van der Waals surface area contributed by atoms with Crippen LogP contribution < -0.4 is 10.6 Å². The number of anilines is 1. The number of primary amides is 1. The van der Waals surface area contributed by atoms with Crippen molar-refractivity contribution in [1.29, 1.82) is 0 Å². The van der Waals surface area contributed by atoms with Crippen molar-refractivity contribution in [3.63, 3.8) is 0 Å². The number of fused-ring (bicyclic) bond motifs is 1. The second-order valence-corrected chi connectivity index (χ2v) is 8.93. The van der Waals surface area contributed by atoms with Crippen LogP contribution in [0.2, 0.25) is 0 Å². The topological polar surface area (TPSA) is 102 Å². The highest BCUT2D eigenvalue weighted by atomic mass is 16.5. The van der Waals surface area contributed by atoms with Crippen molar-refractivity contribution in [1.82, 2.24) is 4.90 Å². The van der Waals surface area contributed by atoms with Gasteiger partial charge in [-0.2, -0.15) is 0 Å². The summed E-state index contributed by atoms with van der Waals surface area (Å²) in [5, 5.41) is 0. The third-order valence-electron chi connectivity index (χ3n) is 6.62. The van der Waals surface area contributed by atoms with Crippen molar-refractivity contribution in [2.45, 2.75) is 51.5 Å². The number of carbonyl (C=O) groups is 3. The van der Waals surface area contributed by atoms with Gasteiger partial charge in [0.2, 0.25) is 0 Å². The van der Waals surface area contributed by atoms with Crippen LogP contribution in [0.15, 0.2) is 48.5 Å². The van der Waals surface area contributed by atoms with Crippen molar-refractivity contribution < 1.29 is 23.9 Å². The van der Waals surface area contributed by atoms with Crippen molar-refractivity contribution in [3.05, 3.63) is 65.2 Å². The maximum Gasteiger partial charge on any atom is 0.338 e. The molecule has 2 amide bonds. The normalized spacial score (nSPS) is 14.7. The summed E-state index contributed by atoms with van der Waals surface area (Å²) < 4.78 is 9.84. The maximum absolute atomic E-state index is 12.2. The first-order valence-electron chi connectivity index (χ1n) is 12.7. The van der Waals surface area contributed by atoms with Crippen LogP contribution in [0.1, 0.15) is 66.6 Å². The van der Waals surface area contributed by atoms with Gasteiger partial charge in [-0.15, -0.1) is 0 Å². The average Bonchev–Trinajstić information content (AvgIpc) is 2.89. The number of aryl methyl sites for hydroxylation is 1. The Balaban J connectivity index is 1.68. The standard InChI is InChI=1S/C28H37N3O5/c1-3-36-27(33)22-14-16-23(17-15-22)31(28(29)34)20-8-19-30(18-7-13-26(32)35-2)25-12-6-10-21-9-4-5-11-24(21)25/h4-5,9,11,14-17,25H,3,6-8,10,12-13,18-20H2,1-2H3,(H2,29,34). The van der Waals surface area contributed by atoms with Crippen molar-refractivity contribution in [3.8, 4) is 0 Å². The van der Waals surface area contributed by atoms with Gasteiger partial charge in [-0.25, -0.2) is 9.59 Å². The number of esters is 2. The van der Waals surface area contributed by atoms with Crippen molar-refractivity contribution in [2.24, 2.45) is 5.73 Å². The molecule has 8 heteroatoms. The number of methoxy groups -OCH3 is 1. The number of urea groups is 1. The number of ether oxygens (including phenoxy) is 2. The third-order valence-corrected chi connectivity index (χ3v) is 6.62. The van der Waals surface area contributed by atoms with Gasteiger partial charge in [0.05, 0.1) is 19.3 Å². The van der Waals surface area contributed by atoms with Crippen LogP contribution in [-0.4, -0.2) is 56.2 Å². The number of benzene rings is 2. The molecule has 0 fully saturated rings. The quantitative estimate of drug-likeness (QED) is 0.436. The molecule has 0 aliphatic heterocycles. The molecule has 2 N–H and O–H groups in total. The number of hydrogen-bond donors (Lipinski definition) is 1. The molecule has 0 spiro atoms. The average molecular weight is 496 g/mol. The van der Waals surface area contributed by atoms with Gasteiger partial charge in [0, 0.05) is 31.2 Å². The molecule has 3 rings (SSSR count). The van der Waals surface area contributed by atoms with E-state index in [1.165, 1.54) is 23.1 Å². The molecule has 0 aromatic heterocycles.